The van der Waals surface area contributed by atoms with Gasteiger partial charge in [-0.1, -0.05) is 66.3 Å². The van der Waals surface area contributed by atoms with Crippen molar-refractivity contribution in [1.29, 1.82) is 0 Å². The van der Waals surface area contributed by atoms with Crippen molar-refractivity contribution < 1.29 is 9.53 Å². The minimum Gasteiger partial charge on any atom is -0.481 e. The lowest BCUT2D eigenvalue weighted by Gasteiger charge is -2.36. The van der Waals surface area contributed by atoms with Gasteiger partial charge in [-0.05, 0) is 25.5 Å². The third kappa shape index (κ3) is 5.32. The summed E-state index contributed by atoms with van der Waals surface area (Å²) in [4.78, 5) is 35.2. The molecule has 1 aliphatic heterocycles. The van der Waals surface area contributed by atoms with Crippen molar-refractivity contribution in [2.24, 2.45) is 0 Å². The summed E-state index contributed by atoms with van der Waals surface area (Å²) in [5.41, 5.74) is 2.69. The minimum absolute atomic E-state index is 0.0205. The van der Waals surface area contributed by atoms with E-state index >= 15 is 0 Å². The van der Waals surface area contributed by atoms with Gasteiger partial charge in [-0.15, -0.1) is 0 Å². The smallest absolute Gasteiger partial charge is 0.275 e. The maximum atomic E-state index is 13.0. The number of benzene rings is 2. The van der Waals surface area contributed by atoms with Gasteiger partial charge in [0.25, 0.3) is 11.5 Å². The van der Waals surface area contributed by atoms with E-state index in [9.17, 15) is 9.59 Å². The van der Waals surface area contributed by atoms with Crippen LogP contribution in [0.25, 0.3) is 15.5 Å². The zero-order valence-electron chi connectivity index (χ0n) is 20.5. The molecule has 1 unspecified atom stereocenters. The topological polar surface area (TPSA) is 80.0 Å². The zero-order valence-corrected chi connectivity index (χ0v) is 21.3. The van der Waals surface area contributed by atoms with E-state index in [-0.39, 0.29) is 11.5 Å². The Morgan fingerprint density at radius 3 is 2.47 bits per heavy atom. The van der Waals surface area contributed by atoms with Crippen LogP contribution in [0, 0.1) is 6.92 Å². The fourth-order valence-electron chi connectivity index (χ4n) is 4.28. The molecule has 1 atom stereocenters. The number of aryl methyl sites for hydroxylation is 1. The Kier molecular flexibility index (Phi) is 7.11. The lowest BCUT2D eigenvalue weighted by Crippen LogP contribution is -2.52. The number of rotatable bonds is 7. The average molecular weight is 504 g/mol. The first-order valence-corrected chi connectivity index (χ1v) is 13.0. The van der Waals surface area contributed by atoms with Gasteiger partial charge in [-0.2, -0.15) is 9.61 Å². The SMILES string of the molecule is CCC(Oc1ccccc1)C(=O)N1CCN(Cc2cc(=O)n3nc(-c4ccc(C)cc4)sc3n2)CC1. The Labute approximate surface area is 213 Å². The van der Waals surface area contributed by atoms with Gasteiger partial charge >= 0.3 is 0 Å². The second-order valence-electron chi connectivity index (χ2n) is 8.98. The first-order valence-electron chi connectivity index (χ1n) is 12.2. The molecule has 2 aromatic heterocycles. The van der Waals surface area contributed by atoms with Crippen molar-refractivity contribution in [1.82, 2.24) is 24.4 Å². The van der Waals surface area contributed by atoms with Gasteiger partial charge in [-0.25, -0.2) is 4.98 Å². The van der Waals surface area contributed by atoms with Crippen LogP contribution in [0.5, 0.6) is 5.75 Å². The molecule has 5 rings (SSSR count). The second-order valence-corrected chi connectivity index (χ2v) is 9.94. The molecule has 186 valence electrons. The number of hydrogen-bond acceptors (Lipinski definition) is 7. The van der Waals surface area contributed by atoms with Gasteiger partial charge in [0.15, 0.2) is 6.10 Å². The number of ether oxygens (including phenoxy) is 1. The van der Waals surface area contributed by atoms with E-state index in [1.807, 2.05) is 73.3 Å². The molecule has 9 heteroatoms. The molecule has 4 aromatic rings. The number of amides is 1. The number of nitrogens with zero attached hydrogens (tertiary/aromatic N) is 5. The Bertz CT molecular complexity index is 1390. The fourth-order valence-corrected chi connectivity index (χ4v) is 5.21. The molecule has 0 radical (unpaired) electrons. The summed E-state index contributed by atoms with van der Waals surface area (Å²) < 4.78 is 7.31. The van der Waals surface area contributed by atoms with E-state index in [1.54, 1.807) is 6.07 Å². The van der Waals surface area contributed by atoms with Crippen molar-refractivity contribution in [3.8, 4) is 16.3 Å². The van der Waals surface area contributed by atoms with Crippen LogP contribution in [-0.4, -0.2) is 62.6 Å². The second kappa shape index (κ2) is 10.6. The number of carbonyl (C=O) groups is 1. The molecule has 2 aromatic carbocycles. The van der Waals surface area contributed by atoms with Crippen LogP contribution in [0.15, 0.2) is 65.5 Å². The monoisotopic (exact) mass is 503 g/mol. The minimum atomic E-state index is -0.489. The quantitative estimate of drug-likeness (QED) is 0.383. The Balaban J connectivity index is 1.22. The predicted molar refractivity (Wildman–Crippen MR) is 140 cm³/mol. The van der Waals surface area contributed by atoms with Crippen molar-refractivity contribution >= 4 is 22.2 Å². The van der Waals surface area contributed by atoms with Gasteiger partial charge in [0.05, 0.1) is 5.69 Å². The van der Waals surface area contributed by atoms with Gasteiger partial charge in [0.1, 0.15) is 10.8 Å². The summed E-state index contributed by atoms with van der Waals surface area (Å²) in [6, 6.07) is 19.1. The summed E-state index contributed by atoms with van der Waals surface area (Å²) >= 11 is 1.41. The van der Waals surface area contributed by atoms with Crippen LogP contribution < -0.4 is 10.3 Å². The highest BCUT2D eigenvalue weighted by Crippen LogP contribution is 2.24. The highest BCUT2D eigenvalue weighted by atomic mass is 32.1. The Hall–Kier alpha value is -3.56. The molecule has 1 amide bonds. The number of fused-ring (bicyclic) bond motifs is 1. The molecule has 1 aliphatic rings. The van der Waals surface area contributed by atoms with Crippen LogP contribution in [0.1, 0.15) is 24.6 Å². The third-order valence-electron chi connectivity index (χ3n) is 6.33. The van der Waals surface area contributed by atoms with E-state index in [1.165, 1.54) is 21.4 Å². The molecular formula is C27H29N5O3S. The van der Waals surface area contributed by atoms with Crippen LogP contribution in [0.2, 0.25) is 0 Å². The average Bonchev–Trinajstić information content (AvgIpc) is 3.33. The van der Waals surface area contributed by atoms with E-state index < -0.39 is 6.10 Å². The molecule has 1 saturated heterocycles. The summed E-state index contributed by atoms with van der Waals surface area (Å²) in [6.45, 7) is 7.23. The van der Waals surface area contributed by atoms with Crippen LogP contribution in [0.3, 0.4) is 0 Å². The molecule has 0 spiro atoms. The number of hydrogen-bond donors (Lipinski definition) is 0. The maximum absolute atomic E-state index is 13.0. The van der Waals surface area contributed by atoms with E-state index in [0.29, 0.717) is 49.9 Å². The lowest BCUT2D eigenvalue weighted by molar-refractivity contribution is -0.140. The highest BCUT2D eigenvalue weighted by molar-refractivity contribution is 7.19. The van der Waals surface area contributed by atoms with E-state index in [0.717, 1.165) is 16.3 Å². The summed E-state index contributed by atoms with van der Waals surface area (Å²) in [7, 11) is 0. The number of piperazine rings is 1. The maximum Gasteiger partial charge on any atom is 0.275 e. The molecule has 0 aliphatic carbocycles. The summed E-state index contributed by atoms with van der Waals surface area (Å²) in [5, 5.41) is 5.24. The van der Waals surface area contributed by atoms with Gasteiger partial charge in [-0.3, -0.25) is 14.5 Å². The normalized spacial score (nSPS) is 15.2. The fraction of sp³-hybridized carbons (Fsp3) is 0.333. The van der Waals surface area contributed by atoms with Crippen LogP contribution in [0.4, 0.5) is 0 Å². The molecule has 1 fully saturated rings. The van der Waals surface area contributed by atoms with E-state index in [2.05, 4.69) is 10.00 Å². The molecule has 36 heavy (non-hydrogen) atoms. The largest absolute Gasteiger partial charge is 0.481 e. The van der Waals surface area contributed by atoms with Crippen molar-refractivity contribution in [2.45, 2.75) is 32.9 Å². The standard InChI is InChI=1S/C27H29N5O3S/c1-3-23(35-22-7-5-4-6-8-22)26(34)31-15-13-30(14-16-31)18-21-17-24(33)32-27(28-21)36-25(29-32)20-11-9-19(2)10-12-20/h4-12,17,23H,3,13-16,18H2,1-2H3. The number of para-hydroxylation sites is 1. The van der Waals surface area contributed by atoms with Crippen molar-refractivity contribution in [2.75, 3.05) is 26.2 Å². The molecular weight excluding hydrogens is 474 g/mol. The number of aromatic nitrogens is 3. The first-order chi connectivity index (χ1) is 17.5. The molecule has 8 nitrogen and oxygen atoms in total. The molecule has 3 heterocycles. The lowest BCUT2D eigenvalue weighted by atomic mass is 10.2. The number of carbonyl (C=O) groups excluding carboxylic acids is 1. The van der Waals surface area contributed by atoms with Crippen LogP contribution >= 0.6 is 11.3 Å². The van der Waals surface area contributed by atoms with Gasteiger partial charge in [0, 0.05) is 44.4 Å². The Morgan fingerprint density at radius 1 is 1.06 bits per heavy atom. The van der Waals surface area contributed by atoms with Crippen LogP contribution in [-0.2, 0) is 11.3 Å². The van der Waals surface area contributed by atoms with Gasteiger partial charge < -0.3 is 9.64 Å². The molecule has 0 saturated carbocycles. The molecule has 0 N–H and O–H groups in total. The van der Waals surface area contributed by atoms with Gasteiger partial charge in [0.2, 0.25) is 4.96 Å². The summed E-state index contributed by atoms with van der Waals surface area (Å²) in [5.74, 6) is 0.727. The third-order valence-corrected chi connectivity index (χ3v) is 7.29. The van der Waals surface area contributed by atoms with Crippen molar-refractivity contribution in [3.05, 3.63) is 82.3 Å². The zero-order chi connectivity index (χ0) is 25.1. The van der Waals surface area contributed by atoms with Crippen molar-refractivity contribution in [3.63, 3.8) is 0 Å². The molecule has 0 bridgehead atoms. The summed E-state index contributed by atoms with van der Waals surface area (Å²) in [6.07, 6.45) is 0.124. The predicted octanol–water partition coefficient (Wildman–Crippen LogP) is 3.63. The Morgan fingerprint density at radius 2 is 1.78 bits per heavy atom. The highest BCUT2D eigenvalue weighted by Gasteiger charge is 2.28. The van der Waals surface area contributed by atoms with E-state index in [4.69, 9.17) is 9.72 Å². The first kappa shape index (κ1) is 24.1.